The third-order valence-corrected chi connectivity index (χ3v) is 12.7. The highest BCUT2D eigenvalue weighted by molar-refractivity contribution is 5.85. The summed E-state index contributed by atoms with van der Waals surface area (Å²) >= 11 is 0. The number of rotatable bonds is 11. The normalized spacial score (nSPS) is 19.5. The van der Waals surface area contributed by atoms with E-state index in [9.17, 15) is 14.0 Å². The number of likely N-dealkylation sites (N-methyl/N-ethyl adjacent to an activating group) is 1. The number of benzene rings is 4. The van der Waals surface area contributed by atoms with Crippen LogP contribution >= 0.6 is 0 Å². The molecule has 0 unspecified atom stereocenters. The van der Waals surface area contributed by atoms with Crippen LogP contribution in [0.4, 0.5) is 4.39 Å². The fourth-order valence-corrected chi connectivity index (χ4v) is 9.58. The molecule has 0 saturated carbocycles. The quantitative estimate of drug-likeness (QED) is 0.136. The van der Waals surface area contributed by atoms with Crippen LogP contribution in [-0.4, -0.2) is 91.6 Å². The molecule has 0 aliphatic carbocycles. The Hall–Kier alpha value is -5.91. The summed E-state index contributed by atoms with van der Waals surface area (Å²) in [4.78, 5) is 53.0. The van der Waals surface area contributed by atoms with Crippen molar-refractivity contribution in [1.82, 2.24) is 39.5 Å². The number of carbonyl (C=O) groups excluding carboxylic acids is 2. The molecular formula is C49H53FN8O2. The number of piperidine rings is 1. The number of halogens is 1. The third-order valence-electron chi connectivity index (χ3n) is 12.7. The molecule has 11 heteroatoms. The zero-order valence-electron chi connectivity index (χ0n) is 34.4. The number of aromatic amines is 2. The molecule has 9 rings (SSSR count). The highest BCUT2D eigenvalue weighted by Crippen LogP contribution is 2.38. The van der Waals surface area contributed by atoms with E-state index in [4.69, 9.17) is 9.97 Å². The first-order valence-corrected chi connectivity index (χ1v) is 21.5. The predicted molar refractivity (Wildman–Crippen MR) is 232 cm³/mol. The molecule has 6 aromatic rings. The molecule has 2 aromatic heterocycles. The van der Waals surface area contributed by atoms with Crippen molar-refractivity contribution in [2.45, 2.75) is 69.1 Å². The molecule has 3 saturated heterocycles. The molecule has 3 aliphatic heterocycles. The molecule has 0 spiro atoms. The number of H-pyrrole nitrogens is 2. The molecule has 5 heterocycles. The fraction of sp³-hybridized carbons (Fsp3) is 0.347. The number of hydrogen-bond acceptors (Lipinski definition) is 6. The summed E-state index contributed by atoms with van der Waals surface area (Å²) in [6.07, 6.45) is 10.7. The van der Waals surface area contributed by atoms with Crippen LogP contribution in [0.3, 0.4) is 0 Å². The van der Waals surface area contributed by atoms with Gasteiger partial charge < -0.3 is 19.8 Å². The molecular weight excluding hydrogens is 752 g/mol. The molecule has 3 aliphatic rings. The van der Waals surface area contributed by atoms with Crippen molar-refractivity contribution < 1.29 is 14.0 Å². The monoisotopic (exact) mass is 804 g/mol. The van der Waals surface area contributed by atoms with Gasteiger partial charge in [0.05, 0.1) is 35.9 Å². The van der Waals surface area contributed by atoms with Gasteiger partial charge in [0.2, 0.25) is 11.8 Å². The highest BCUT2D eigenvalue weighted by atomic mass is 19.1. The summed E-state index contributed by atoms with van der Waals surface area (Å²) in [7, 11) is 3.62. The number of imidazole rings is 2. The van der Waals surface area contributed by atoms with Crippen molar-refractivity contribution in [3.63, 3.8) is 0 Å². The van der Waals surface area contributed by atoms with Gasteiger partial charge in [-0.2, -0.15) is 0 Å². The van der Waals surface area contributed by atoms with E-state index < -0.39 is 6.04 Å². The van der Waals surface area contributed by atoms with E-state index in [0.717, 1.165) is 109 Å². The summed E-state index contributed by atoms with van der Waals surface area (Å²) in [5, 5.41) is 0. The smallest absolute Gasteiger partial charge is 0.245 e. The minimum Gasteiger partial charge on any atom is -0.340 e. The summed E-state index contributed by atoms with van der Waals surface area (Å²) in [6.45, 7) is 3.23. The molecule has 4 aromatic carbocycles. The van der Waals surface area contributed by atoms with Gasteiger partial charge in [0.1, 0.15) is 29.5 Å². The van der Waals surface area contributed by atoms with Crippen LogP contribution in [0.15, 0.2) is 116 Å². The maximum atomic E-state index is 14.8. The second-order valence-corrected chi connectivity index (χ2v) is 16.7. The van der Waals surface area contributed by atoms with Gasteiger partial charge in [0, 0.05) is 18.7 Å². The van der Waals surface area contributed by atoms with Gasteiger partial charge >= 0.3 is 0 Å². The first kappa shape index (κ1) is 39.5. The maximum absolute atomic E-state index is 14.8. The minimum absolute atomic E-state index is 0.0772. The Morgan fingerprint density at radius 1 is 0.617 bits per heavy atom. The summed E-state index contributed by atoms with van der Waals surface area (Å²) in [6, 6.07) is 32.4. The van der Waals surface area contributed by atoms with Crippen LogP contribution in [0.1, 0.15) is 91.9 Å². The van der Waals surface area contributed by atoms with Crippen molar-refractivity contribution in [3.8, 4) is 33.6 Å². The third kappa shape index (κ3) is 7.91. The van der Waals surface area contributed by atoms with Crippen molar-refractivity contribution in [1.29, 1.82) is 0 Å². The Balaban J connectivity index is 0.864. The van der Waals surface area contributed by atoms with E-state index >= 15 is 0 Å². The maximum Gasteiger partial charge on any atom is 0.245 e. The van der Waals surface area contributed by atoms with Crippen LogP contribution in [0.5, 0.6) is 0 Å². The largest absolute Gasteiger partial charge is 0.340 e. The predicted octanol–water partition coefficient (Wildman–Crippen LogP) is 9.13. The molecule has 2 N–H and O–H groups in total. The van der Waals surface area contributed by atoms with Crippen LogP contribution in [-0.2, 0) is 9.59 Å². The lowest BCUT2D eigenvalue weighted by Crippen LogP contribution is -2.44. The number of nitrogens with zero attached hydrogens (tertiary/aromatic N) is 6. The highest BCUT2D eigenvalue weighted by Gasteiger charge is 2.40. The molecule has 2 amide bonds. The van der Waals surface area contributed by atoms with Gasteiger partial charge in [-0.05, 0) is 99.6 Å². The van der Waals surface area contributed by atoms with Gasteiger partial charge in [-0.25, -0.2) is 14.4 Å². The van der Waals surface area contributed by atoms with Crippen LogP contribution < -0.4 is 0 Å². The molecule has 0 bridgehead atoms. The van der Waals surface area contributed by atoms with Gasteiger partial charge in [-0.3, -0.25) is 19.4 Å². The first-order chi connectivity index (χ1) is 29.3. The lowest BCUT2D eigenvalue weighted by Gasteiger charge is -2.37. The van der Waals surface area contributed by atoms with E-state index in [1.807, 2.05) is 49.6 Å². The number of carbonyl (C=O) groups is 2. The van der Waals surface area contributed by atoms with E-state index in [-0.39, 0.29) is 35.8 Å². The van der Waals surface area contributed by atoms with E-state index in [2.05, 4.69) is 80.4 Å². The zero-order chi connectivity index (χ0) is 41.2. The molecule has 0 radical (unpaired) electrons. The zero-order valence-corrected chi connectivity index (χ0v) is 34.4. The van der Waals surface area contributed by atoms with E-state index in [0.29, 0.717) is 12.1 Å². The molecule has 60 heavy (non-hydrogen) atoms. The number of amides is 2. The van der Waals surface area contributed by atoms with Crippen LogP contribution in [0.25, 0.3) is 33.6 Å². The standard InChI is InChI=1S/C49H53FN8O2/c1-55(2)45(38-15-7-8-16-39(38)50)49(60)58-30-12-18-43(58)47-52-32-41(54-47)36-25-21-34(22-26-36)33-19-23-35(24-20-33)40-31-51-46(53-40)42-17-11-29-57(42)48(59)44(37-13-5-3-6-14-37)56-27-9-4-10-28-56/h3,5-8,13-16,19-26,31-32,42-45H,4,9-12,17-18,27-30H2,1-2H3,(H,51,53)(H,52,54)/t42-,43-,44+,45+/m0/s1. The SMILES string of the molecule is CN(C)[C@@H](C(=O)N1CCC[C@H]1c1ncc(-c2ccc(-c3ccc(-c4cnc([C@@H]5CCCN5C(=O)[C@@H](c5ccccc5)N5CCCCC5)[nH]4)cc3)cc2)[nH]1)c1ccccc1F. The average Bonchev–Trinajstić information content (AvgIpc) is 4.13. The number of hydrogen-bond donors (Lipinski definition) is 2. The number of nitrogens with one attached hydrogen (secondary N) is 2. The summed E-state index contributed by atoms with van der Waals surface area (Å²) in [5.41, 5.74) is 7.48. The van der Waals surface area contributed by atoms with E-state index in [1.54, 1.807) is 23.1 Å². The Morgan fingerprint density at radius 3 is 1.65 bits per heavy atom. The Kier molecular flexibility index (Phi) is 11.4. The Labute approximate surface area is 351 Å². The lowest BCUT2D eigenvalue weighted by atomic mass is 10.00. The van der Waals surface area contributed by atoms with Crippen molar-refractivity contribution >= 4 is 11.8 Å². The van der Waals surface area contributed by atoms with Gasteiger partial charge in [0.25, 0.3) is 0 Å². The summed E-state index contributed by atoms with van der Waals surface area (Å²) < 4.78 is 14.8. The van der Waals surface area contributed by atoms with Crippen molar-refractivity contribution in [2.75, 3.05) is 40.3 Å². The van der Waals surface area contributed by atoms with E-state index in [1.165, 1.54) is 12.5 Å². The second-order valence-electron chi connectivity index (χ2n) is 16.7. The number of likely N-dealkylation sites (tertiary alicyclic amines) is 3. The lowest BCUT2D eigenvalue weighted by molar-refractivity contribution is -0.139. The molecule has 4 atom stereocenters. The van der Waals surface area contributed by atoms with Gasteiger partial charge in [-0.1, -0.05) is 103 Å². The summed E-state index contributed by atoms with van der Waals surface area (Å²) in [5.74, 6) is 1.26. The number of aromatic nitrogens is 4. The van der Waals surface area contributed by atoms with Crippen LogP contribution in [0.2, 0.25) is 0 Å². The van der Waals surface area contributed by atoms with Crippen LogP contribution in [0, 0.1) is 5.82 Å². The molecule has 10 nitrogen and oxygen atoms in total. The second kappa shape index (κ2) is 17.4. The Morgan fingerprint density at radius 2 is 1.12 bits per heavy atom. The van der Waals surface area contributed by atoms with Gasteiger partial charge in [-0.15, -0.1) is 0 Å². The Bertz CT molecular complexity index is 2400. The fourth-order valence-electron chi connectivity index (χ4n) is 9.58. The minimum atomic E-state index is -0.720. The van der Waals surface area contributed by atoms with Gasteiger partial charge in [0.15, 0.2) is 0 Å². The molecule has 308 valence electrons. The van der Waals surface area contributed by atoms with Crippen molar-refractivity contribution in [2.24, 2.45) is 0 Å². The average molecular weight is 805 g/mol. The molecule has 3 fully saturated rings. The topological polar surface area (TPSA) is 104 Å². The first-order valence-electron chi connectivity index (χ1n) is 21.5. The van der Waals surface area contributed by atoms with Crippen molar-refractivity contribution in [3.05, 3.63) is 144 Å².